The Morgan fingerprint density at radius 2 is 1.58 bits per heavy atom. The van der Waals surface area contributed by atoms with Crippen LogP contribution in [0.4, 0.5) is 0 Å². The molecule has 1 heterocycles. The molecule has 2 aromatic carbocycles. The van der Waals surface area contributed by atoms with Gasteiger partial charge in [-0.05, 0) is 41.6 Å². The maximum atomic E-state index is 12.1. The van der Waals surface area contributed by atoms with Gasteiger partial charge in [-0.2, -0.15) is 0 Å². The minimum Gasteiger partial charge on any atom is -0.481 e. The van der Waals surface area contributed by atoms with Gasteiger partial charge in [0, 0.05) is 0 Å². The Morgan fingerprint density at radius 1 is 0.885 bits per heavy atom. The van der Waals surface area contributed by atoms with Crippen molar-refractivity contribution in [1.29, 1.82) is 0 Å². The largest absolute Gasteiger partial charge is 0.481 e. The van der Waals surface area contributed by atoms with E-state index < -0.39 is 12.0 Å². The topological polar surface area (TPSA) is 67.4 Å². The minimum absolute atomic E-state index is 0.354. The number of thiophene rings is 1. The lowest BCUT2D eigenvalue weighted by Crippen LogP contribution is -2.47. The first-order valence-electron chi connectivity index (χ1n) is 8.09. The van der Waals surface area contributed by atoms with Gasteiger partial charge in [-0.15, -0.1) is 11.3 Å². The van der Waals surface area contributed by atoms with Crippen molar-refractivity contribution >= 4 is 23.2 Å². The first-order valence-corrected chi connectivity index (χ1v) is 8.97. The molecule has 6 heteroatoms. The normalized spacial score (nSPS) is 11.4. The van der Waals surface area contributed by atoms with Gasteiger partial charge in [0.2, 0.25) is 0 Å². The van der Waals surface area contributed by atoms with E-state index in [4.69, 9.17) is 4.74 Å². The number of hydrogen-bond acceptors (Lipinski definition) is 4. The highest BCUT2D eigenvalue weighted by atomic mass is 32.1. The molecule has 132 valence electrons. The number of benzene rings is 2. The van der Waals surface area contributed by atoms with Gasteiger partial charge >= 0.3 is 0 Å². The average Bonchev–Trinajstić information content (AvgIpc) is 3.22. The number of hydrogen-bond donors (Lipinski definition) is 2. The fraction of sp³-hybridized carbons (Fsp3) is 0.100. The number of nitrogens with one attached hydrogen (secondary N) is 2. The fourth-order valence-electron chi connectivity index (χ4n) is 2.30. The maximum Gasteiger partial charge on any atom is 0.279 e. The highest BCUT2D eigenvalue weighted by Gasteiger charge is 2.16. The number of carbonyl (C=O) groups excluding carboxylic acids is 2. The van der Waals surface area contributed by atoms with Crippen LogP contribution in [0.5, 0.6) is 5.75 Å². The number of hydrazine groups is 1. The van der Waals surface area contributed by atoms with Crippen molar-refractivity contribution in [2.24, 2.45) is 0 Å². The molecule has 0 aliphatic heterocycles. The Hall–Kier alpha value is -3.12. The van der Waals surface area contributed by atoms with Crippen LogP contribution in [0.3, 0.4) is 0 Å². The quantitative estimate of drug-likeness (QED) is 0.678. The van der Waals surface area contributed by atoms with E-state index in [0.717, 1.165) is 11.1 Å². The summed E-state index contributed by atoms with van der Waals surface area (Å²) in [6.07, 6.45) is -0.749. The third-order valence-electron chi connectivity index (χ3n) is 3.69. The average molecular weight is 366 g/mol. The van der Waals surface area contributed by atoms with Crippen LogP contribution in [0.2, 0.25) is 0 Å². The van der Waals surface area contributed by atoms with Crippen LogP contribution in [-0.4, -0.2) is 17.9 Å². The van der Waals surface area contributed by atoms with Gasteiger partial charge in [-0.25, -0.2) is 0 Å². The summed E-state index contributed by atoms with van der Waals surface area (Å²) in [7, 11) is 0. The summed E-state index contributed by atoms with van der Waals surface area (Å²) in [5.74, 6) is -0.202. The molecule has 3 aromatic rings. The zero-order valence-corrected chi connectivity index (χ0v) is 15.0. The molecule has 26 heavy (non-hydrogen) atoms. The summed E-state index contributed by atoms with van der Waals surface area (Å²) in [6.45, 7) is 1.62. The van der Waals surface area contributed by atoms with Gasteiger partial charge in [-0.3, -0.25) is 20.4 Å². The van der Waals surface area contributed by atoms with E-state index in [2.05, 4.69) is 10.9 Å². The van der Waals surface area contributed by atoms with Crippen molar-refractivity contribution in [1.82, 2.24) is 10.9 Å². The standard InChI is InChI=1S/C20H18N2O3S/c1-14(19(23)21-22-20(24)18-8-5-13-26-18)25-17-11-9-16(10-12-17)15-6-3-2-4-7-15/h2-14H,1H3,(H,21,23)(H,22,24). The molecule has 0 fully saturated rings. The van der Waals surface area contributed by atoms with Gasteiger partial charge in [0.1, 0.15) is 5.75 Å². The maximum absolute atomic E-state index is 12.1. The van der Waals surface area contributed by atoms with E-state index >= 15 is 0 Å². The molecule has 5 nitrogen and oxygen atoms in total. The number of amides is 2. The van der Waals surface area contributed by atoms with Crippen molar-refractivity contribution < 1.29 is 14.3 Å². The molecule has 0 spiro atoms. The molecule has 2 N–H and O–H groups in total. The molecular formula is C20H18N2O3S. The van der Waals surface area contributed by atoms with Crippen LogP contribution in [0.1, 0.15) is 16.6 Å². The summed E-state index contributed by atoms with van der Waals surface area (Å²) in [5, 5.41) is 1.79. The molecule has 0 radical (unpaired) electrons. The van der Waals surface area contributed by atoms with Gasteiger partial charge < -0.3 is 4.74 Å². The Balaban J connectivity index is 1.53. The summed E-state index contributed by atoms with van der Waals surface area (Å²) in [4.78, 5) is 24.4. The lowest BCUT2D eigenvalue weighted by Gasteiger charge is -2.15. The first-order chi connectivity index (χ1) is 12.6. The molecule has 0 aliphatic rings. The monoisotopic (exact) mass is 366 g/mol. The molecule has 1 atom stereocenters. The number of ether oxygens (including phenoxy) is 1. The van der Waals surface area contributed by atoms with Crippen LogP contribution in [-0.2, 0) is 4.79 Å². The van der Waals surface area contributed by atoms with E-state index in [-0.39, 0.29) is 5.91 Å². The second-order valence-electron chi connectivity index (χ2n) is 5.57. The highest BCUT2D eigenvalue weighted by Crippen LogP contribution is 2.22. The third-order valence-corrected chi connectivity index (χ3v) is 4.56. The first kappa shape index (κ1) is 17.7. The molecule has 1 unspecified atom stereocenters. The number of rotatable bonds is 5. The fourth-order valence-corrected chi connectivity index (χ4v) is 2.92. The van der Waals surface area contributed by atoms with Crippen molar-refractivity contribution in [3.8, 4) is 16.9 Å². The van der Waals surface area contributed by atoms with Crippen molar-refractivity contribution in [2.45, 2.75) is 13.0 Å². The summed E-state index contributed by atoms with van der Waals surface area (Å²) >= 11 is 1.30. The molecule has 1 aromatic heterocycles. The Morgan fingerprint density at radius 3 is 2.23 bits per heavy atom. The second-order valence-corrected chi connectivity index (χ2v) is 6.52. The van der Waals surface area contributed by atoms with E-state index in [1.165, 1.54) is 11.3 Å². The Labute approximate surface area is 155 Å². The smallest absolute Gasteiger partial charge is 0.279 e. The highest BCUT2D eigenvalue weighted by molar-refractivity contribution is 7.12. The summed E-state index contributed by atoms with van der Waals surface area (Å²) < 4.78 is 5.63. The van der Waals surface area contributed by atoms with Crippen molar-refractivity contribution in [3.63, 3.8) is 0 Å². The predicted octanol–water partition coefficient (Wildman–Crippen LogP) is 3.64. The van der Waals surface area contributed by atoms with E-state index in [1.54, 1.807) is 24.4 Å². The minimum atomic E-state index is -0.749. The lowest BCUT2D eigenvalue weighted by atomic mass is 10.1. The van der Waals surface area contributed by atoms with Crippen LogP contribution in [0.25, 0.3) is 11.1 Å². The van der Waals surface area contributed by atoms with Gasteiger partial charge in [0.05, 0.1) is 4.88 Å². The van der Waals surface area contributed by atoms with E-state index in [1.807, 2.05) is 54.6 Å². The zero-order chi connectivity index (χ0) is 18.4. The second kappa shape index (κ2) is 8.31. The SMILES string of the molecule is CC(Oc1ccc(-c2ccccc2)cc1)C(=O)NNC(=O)c1cccs1. The lowest BCUT2D eigenvalue weighted by molar-refractivity contribution is -0.128. The molecule has 0 aliphatic carbocycles. The van der Waals surface area contributed by atoms with Crippen LogP contribution >= 0.6 is 11.3 Å². The summed E-state index contributed by atoms with van der Waals surface area (Å²) in [6, 6.07) is 21.0. The Kier molecular flexibility index (Phi) is 5.66. The predicted molar refractivity (Wildman–Crippen MR) is 102 cm³/mol. The van der Waals surface area contributed by atoms with Crippen LogP contribution < -0.4 is 15.6 Å². The van der Waals surface area contributed by atoms with Gasteiger partial charge in [0.25, 0.3) is 11.8 Å². The van der Waals surface area contributed by atoms with Crippen LogP contribution in [0, 0.1) is 0 Å². The molecule has 0 bridgehead atoms. The third kappa shape index (κ3) is 4.49. The molecule has 3 rings (SSSR count). The zero-order valence-electron chi connectivity index (χ0n) is 14.1. The van der Waals surface area contributed by atoms with Crippen LogP contribution in [0.15, 0.2) is 72.1 Å². The molecule has 0 saturated carbocycles. The molecule has 0 saturated heterocycles. The molecule has 2 amide bonds. The summed E-state index contributed by atoms with van der Waals surface area (Å²) in [5.41, 5.74) is 6.93. The van der Waals surface area contributed by atoms with Gasteiger partial charge in [-0.1, -0.05) is 48.5 Å². The van der Waals surface area contributed by atoms with Crippen molar-refractivity contribution in [2.75, 3.05) is 0 Å². The van der Waals surface area contributed by atoms with E-state index in [9.17, 15) is 9.59 Å². The van der Waals surface area contributed by atoms with E-state index in [0.29, 0.717) is 10.6 Å². The molecular weight excluding hydrogens is 348 g/mol. The van der Waals surface area contributed by atoms with Crippen molar-refractivity contribution in [3.05, 3.63) is 77.0 Å². The number of carbonyl (C=O) groups is 2. The Bertz CT molecular complexity index is 862. The van der Waals surface area contributed by atoms with Gasteiger partial charge in [0.15, 0.2) is 6.10 Å².